The van der Waals surface area contributed by atoms with E-state index < -0.39 is 21.7 Å². The molecule has 3 aromatic rings. The molecule has 0 aliphatic rings. The number of hydrogen-bond donors (Lipinski definition) is 2. The predicted molar refractivity (Wildman–Crippen MR) is 109 cm³/mol. The maximum atomic E-state index is 12.5. The number of carbonyl (C=O) groups is 2. The minimum atomic E-state index is -0.607. The number of anilines is 2. The topological polar surface area (TPSA) is 144 Å². The van der Waals surface area contributed by atoms with Crippen LogP contribution in [0.2, 0.25) is 0 Å². The van der Waals surface area contributed by atoms with Crippen molar-refractivity contribution in [3.63, 3.8) is 0 Å². The zero-order valence-corrected chi connectivity index (χ0v) is 15.3. The smallest absolute Gasteiger partial charge is 0.270 e. The lowest BCUT2D eigenvalue weighted by Crippen LogP contribution is -2.17. The van der Waals surface area contributed by atoms with Crippen LogP contribution in [0.15, 0.2) is 72.8 Å². The Bertz CT molecular complexity index is 1070. The van der Waals surface area contributed by atoms with Gasteiger partial charge < -0.3 is 10.6 Å². The first-order valence-corrected chi connectivity index (χ1v) is 8.56. The molecule has 3 rings (SSSR count). The number of nitro groups is 2. The second-order valence-corrected chi connectivity index (χ2v) is 6.07. The number of nitro benzene ring substituents is 2. The number of para-hydroxylation sites is 2. The molecule has 10 heteroatoms. The van der Waals surface area contributed by atoms with E-state index in [0.29, 0.717) is 0 Å². The molecule has 0 saturated carbocycles. The fourth-order valence-electron chi connectivity index (χ4n) is 2.61. The van der Waals surface area contributed by atoms with E-state index in [2.05, 4.69) is 10.6 Å². The molecule has 0 atom stereocenters. The average molecular weight is 406 g/mol. The Labute approximate surface area is 169 Å². The van der Waals surface area contributed by atoms with Gasteiger partial charge >= 0.3 is 0 Å². The minimum absolute atomic E-state index is 0.0732. The zero-order chi connectivity index (χ0) is 21.7. The van der Waals surface area contributed by atoms with Crippen molar-refractivity contribution in [3.05, 3.63) is 104 Å². The van der Waals surface area contributed by atoms with Crippen molar-refractivity contribution in [1.29, 1.82) is 0 Å². The number of nitrogens with zero attached hydrogens (tertiary/aromatic N) is 2. The highest BCUT2D eigenvalue weighted by molar-refractivity contribution is 6.10. The molecule has 0 heterocycles. The minimum Gasteiger partial charge on any atom is -0.320 e. The van der Waals surface area contributed by atoms with Gasteiger partial charge in [0, 0.05) is 35.4 Å². The third kappa shape index (κ3) is 4.62. The maximum absolute atomic E-state index is 12.5. The molecule has 150 valence electrons. The standard InChI is InChI=1S/C20H14N4O6/c25-19(13-5-3-7-15(11-13)23(27)28)21-17-9-1-2-10-18(17)22-20(26)14-6-4-8-16(12-14)24(29)30/h1-12H,(H,21,25)(H,22,26). The molecule has 0 aliphatic heterocycles. The Morgan fingerprint density at radius 2 is 1.03 bits per heavy atom. The van der Waals surface area contributed by atoms with E-state index in [1.54, 1.807) is 12.1 Å². The molecule has 0 bridgehead atoms. The van der Waals surface area contributed by atoms with Crippen molar-refractivity contribution in [2.75, 3.05) is 10.6 Å². The van der Waals surface area contributed by atoms with Crippen LogP contribution in [0.5, 0.6) is 0 Å². The summed E-state index contributed by atoms with van der Waals surface area (Å²) in [5.41, 5.74) is 0.207. The van der Waals surface area contributed by atoms with Crippen molar-refractivity contribution < 1.29 is 19.4 Å². The second-order valence-electron chi connectivity index (χ2n) is 6.07. The number of nitrogens with one attached hydrogen (secondary N) is 2. The highest BCUT2D eigenvalue weighted by atomic mass is 16.6. The monoisotopic (exact) mass is 406 g/mol. The first kappa shape index (κ1) is 20.1. The highest BCUT2D eigenvalue weighted by Crippen LogP contribution is 2.24. The van der Waals surface area contributed by atoms with Gasteiger partial charge in [-0.25, -0.2) is 0 Å². The summed E-state index contributed by atoms with van der Waals surface area (Å²) in [5.74, 6) is -1.20. The van der Waals surface area contributed by atoms with Gasteiger partial charge in [0.25, 0.3) is 23.2 Å². The molecule has 0 aliphatic carbocycles. The lowest BCUT2D eigenvalue weighted by atomic mass is 10.1. The molecule has 0 aromatic heterocycles. The SMILES string of the molecule is O=C(Nc1ccccc1NC(=O)c1cccc([N+](=O)[O-])c1)c1cccc([N+](=O)[O-])c1. The van der Waals surface area contributed by atoms with Crippen LogP contribution in [-0.2, 0) is 0 Å². The lowest BCUT2D eigenvalue weighted by molar-refractivity contribution is -0.385. The fraction of sp³-hybridized carbons (Fsp3) is 0. The number of rotatable bonds is 6. The normalized spacial score (nSPS) is 10.1. The van der Waals surface area contributed by atoms with Gasteiger partial charge in [-0.1, -0.05) is 24.3 Å². The molecule has 0 spiro atoms. The summed E-state index contributed by atoms with van der Waals surface area (Å²) in [7, 11) is 0. The van der Waals surface area contributed by atoms with Gasteiger partial charge in [-0.2, -0.15) is 0 Å². The van der Waals surface area contributed by atoms with Gasteiger partial charge in [0.05, 0.1) is 21.2 Å². The largest absolute Gasteiger partial charge is 0.320 e. The Morgan fingerprint density at radius 3 is 1.40 bits per heavy atom. The van der Waals surface area contributed by atoms with E-state index in [1.165, 1.54) is 48.5 Å². The van der Waals surface area contributed by atoms with Gasteiger partial charge in [0.1, 0.15) is 0 Å². The number of amides is 2. The van der Waals surface area contributed by atoms with Crippen LogP contribution in [0.25, 0.3) is 0 Å². The van der Waals surface area contributed by atoms with Crippen molar-refractivity contribution in [2.45, 2.75) is 0 Å². The van der Waals surface area contributed by atoms with E-state index in [9.17, 15) is 29.8 Å². The summed E-state index contributed by atoms with van der Waals surface area (Å²) in [4.78, 5) is 45.6. The maximum Gasteiger partial charge on any atom is 0.270 e. The summed E-state index contributed by atoms with van der Waals surface area (Å²) >= 11 is 0. The summed E-state index contributed by atoms with van der Waals surface area (Å²) in [6, 6.07) is 16.8. The lowest BCUT2D eigenvalue weighted by Gasteiger charge is -2.12. The van der Waals surface area contributed by atoms with Gasteiger partial charge in [-0.05, 0) is 24.3 Å². The van der Waals surface area contributed by atoms with Crippen molar-refractivity contribution in [2.24, 2.45) is 0 Å². The van der Waals surface area contributed by atoms with Gasteiger partial charge in [-0.3, -0.25) is 29.8 Å². The first-order valence-electron chi connectivity index (χ1n) is 8.56. The van der Waals surface area contributed by atoms with Crippen LogP contribution in [0, 0.1) is 20.2 Å². The summed E-state index contributed by atoms with van der Waals surface area (Å²) in [6.45, 7) is 0. The van der Waals surface area contributed by atoms with Gasteiger partial charge in [0.15, 0.2) is 0 Å². The Morgan fingerprint density at radius 1 is 0.633 bits per heavy atom. The summed E-state index contributed by atoms with van der Waals surface area (Å²) in [6.07, 6.45) is 0. The molecule has 0 unspecified atom stereocenters. The number of non-ortho nitro benzene ring substituents is 2. The van der Waals surface area contributed by atoms with E-state index in [0.717, 1.165) is 12.1 Å². The van der Waals surface area contributed by atoms with Crippen LogP contribution in [0.3, 0.4) is 0 Å². The summed E-state index contributed by atoms with van der Waals surface area (Å²) < 4.78 is 0. The highest BCUT2D eigenvalue weighted by Gasteiger charge is 2.16. The van der Waals surface area contributed by atoms with Crippen molar-refractivity contribution in [3.8, 4) is 0 Å². The molecule has 3 aromatic carbocycles. The molecule has 2 N–H and O–H groups in total. The quantitative estimate of drug-likeness (QED) is 0.467. The molecule has 10 nitrogen and oxygen atoms in total. The first-order chi connectivity index (χ1) is 14.3. The van der Waals surface area contributed by atoms with Gasteiger partial charge in [0.2, 0.25) is 0 Å². The molecular weight excluding hydrogens is 392 g/mol. The Kier molecular flexibility index (Phi) is 5.78. The summed E-state index contributed by atoms with van der Waals surface area (Å²) in [5, 5.41) is 27.0. The van der Waals surface area contributed by atoms with Gasteiger partial charge in [-0.15, -0.1) is 0 Å². The van der Waals surface area contributed by atoms with E-state index >= 15 is 0 Å². The van der Waals surface area contributed by atoms with Crippen LogP contribution >= 0.6 is 0 Å². The predicted octanol–water partition coefficient (Wildman–Crippen LogP) is 4.01. The zero-order valence-electron chi connectivity index (χ0n) is 15.3. The average Bonchev–Trinajstić information content (AvgIpc) is 2.75. The third-order valence-electron chi connectivity index (χ3n) is 4.06. The second kappa shape index (κ2) is 8.61. The molecule has 30 heavy (non-hydrogen) atoms. The molecular formula is C20H14N4O6. The van der Waals surface area contributed by atoms with Crippen molar-refractivity contribution >= 4 is 34.6 Å². The molecule has 2 amide bonds. The Hall–Kier alpha value is -4.60. The molecule has 0 fully saturated rings. The number of benzene rings is 3. The van der Waals surface area contributed by atoms with E-state index in [4.69, 9.17) is 0 Å². The molecule has 0 radical (unpaired) electrons. The third-order valence-corrected chi connectivity index (χ3v) is 4.06. The van der Waals surface area contributed by atoms with Crippen LogP contribution in [0.1, 0.15) is 20.7 Å². The van der Waals surface area contributed by atoms with E-state index in [1.807, 2.05) is 0 Å². The molecule has 0 saturated heterocycles. The van der Waals surface area contributed by atoms with Crippen LogP contribution < -0.4 is 10.6 Å². The fourth-order valence-corrected chi connectivity index (χ4v) is 2.61. The van der Waals surface area contributed by atoms with Crippen LogP contribution in [0.4, 0.5) is 22.7 Å². The van der Waals surface area contributed by atoms with E-state index in [-0.39, 0.29) is 33.9 Å². The number of hydrogen-bond acceptors (Lipinski definition) is 6. The van der Waals surface area contributed by atoms with Crippen molar-refractivity contribution in [1.82, 2.24) is 0 Å². The Balaban J connectivity index is 1.81. The number of carbonyl (C=O) groups excluding carboxylic acids is 2. The van der Waals surface area contributed by atoms with Crippen LogP contribution in [-0.4, -0.2) is 21.7 Å².